The van der Waals surface area contributed by atoms with Crippen LogP contribution in [0.15, 0.2) is 67.0 Å². The van der Waals surface area contributed by atoms with Crippen molar-refractivity contribution in [2.75, 3.05) is 93.6 Å². The lowest BCUT2D eigenvalue weighted by molar-refractivity contribution is -0.214. The summed E-state index contributed by atoms with van der Waals surface area (Å²) in [6.45, 7) is 5.23. The van der Waals surface area contributed by atoms with Crippen LogP contribution in [0.3, 0.4) is 0 Å². The maximum Gasteiger partial charge on any atom is 0.487 e. The van der Waals surface area contributed by atoms with E-state index in [0.29, 0.717) is 55.6 Å². The summed E-state index contributed by atoms with van der Waals surface area (Å²) >= 11 is 4.00. The molecule has 0 spiro atoms. The molecule has 4 aliphatic rings. The number of fused-ring (bicyclic) bond motifs is 3. The fourth-order valence-electron chi connectivity index (χ4n) is 11.5. The van der Waals surface area contributed by atoms with E-state index in [1.165, 1.54) is 70.6 Å². The molecule has 20 atom stereocenters. The Bertz CT molecular complexity index is 5620. The first-order chi connectivity index (χ1) is 61.2. The molecule has 11 rings (SSSR count). The molecule has 0 radical (unpaired) electrons. The molecule has 0 aliphatic carbocycles. The molecule has 53 nitrogen and oxygen atoms in total. The number of aromatic nitrogens is 10. The quantitative estimate of drug-likeness (QED) is 0.00538. The summed E-state index contributed by atoms with van der Waals surface area (Å²) < 4.78 is 185. The molecule has 21 N–H and O–H groups in total. The minimum Gasteiger partial charge on any atom is -0.756 e. The van der Waals surface area contributed by atoms with Gasteiger partial charge < -0.3 is 140 Å². The van der Waals surface area contributed by atoms with Gasteiger partial charge in [-0.1, -0.05) is 116 Å². The molecular weight excluding hydrogens is 2080 g/mol. The number of hydrogen-bond donors (Lipinski definition) is 16. The zero-order valence-electron chi connectivity index (χ0n) is 68.8. The fraction of sp³-hybridized carbons (Fsp3) is 0.525. The molecule has 0 aromatic carbocycles. The highest BCUT2D eigenvalue weighted by atomic mass is 33.1. The highest BCUT2D eigenvalue weighted by Crippen LogP contribution is 2.68. The van der Waals surface area contributed by atoms with Gasteiger partial charge >= 0.3 is 46.9 Å². The normalized spacial score (nSPS) is 23.8. The number of phosphoric acid groups is 9. The van der Waals surface area contributed by atoms with Crippen LogP contribution in [0.25, 0.3) is 33.1 Å². The molecule has 732 valence electrons. The molecule has 4 saturated heterocycles. The Morgan fingerprint density at radius 2 is 0.870 bits per heavy atom. The van der Waals surface area contributed by atoms with Gasteiger partial charge in [0, 0.05) is 55.4 Å². The number of nitrogens with zero attached hydrogens (tertiary/aromatic N) is 10. The molecule has 0 bridgehead atoms. The number of ether oxygens (including phenoxy) is 7. The molecule has 131 heavy (non-hydrogen) atoms. The van der Waals surface area contributed by atoms with E-state index in [9.17, 15) is 85.1 Å². The zero-order chi connectivity index (χ0) is 97.1. The Morgan fingerprint density at radius 1 is 0.511 bits per heavy atom. The van der Waals surface area contributed by atoms with Crippen LogP contribution in [0.4, 0.5) is 17.5 Å². The summed E-state index contributed by atoms with van der Waals surface area (Å²) in [5.41, 5.74) is 37.1. The molecular formula is C61H91N16O37P10S7-3. The van der Waals surface area contributed by atoms with Crippen LogP contribution in [0.1, 0.15) is 94.7 Å². The van der Waals surface area contributed by atoms with Crippen LogP contribution in [-0.2, 0) is 114 Å². The van der Waals surface area contributed by atoms with Gasteiger partial charge in [0.05, 0.1) is 102 Å². The Hall–Kier alpha value is -3.20. The third-order valence-electron chi connectivity index (χ3n) is 16.2. The molecule has 0 saturated carbocycles. The van der Waals surface area contributed by atoms with Crippen molar-refractivity contribution in [3.8, 4) is 35.5 Å². The minimum atomic E-state index is -5.79. The predicted octanol–water partition coefficient (Wildman–Crippen LogP) is 5.96. The Morgan fingerprint density at radius 3 is 1.15 bits per heavy atom. The highest BCUT2D eigenvalue weighted by molar-refractivity contribution is 8.77. The van der Waals surface area contributed by atoms with Crippen LogP contribution in [0, 0.1) is 35.5 Å². The summed E-state index contributed by atoms with van der Waals surface area (Å²) in [7, 11) is -38.8. The number of phosphoric ester groups is 3. The summed E-state index contributed by atoms with van der Waals surface area (Å²) in [6, 6.07) is 5.91. The van der Waals surface area contributed by atoms with E-state index in [2.05, 4.69) is 123 Å². The topological polar surface area (TPSA) is 814 Å². The minimum absolute atomic E-state index is 0.0559. The number of pyridine rings is 1. The molecule has 7 aromatic heterocycles. The van der Waals surface area contributed by atoms with Gasteiger partial charge in [-0.15, -0.1) is 9.24 Å². The summed E-state index contributed by atoms with van der Waals surface area (Å²) in [6.07, 6.45) is 11.2. The van der Waals surface area contributed by atoms with Crippen molar-refractivity contribution in [2.24, 2.45) is 17.2 Å². The first-order valence-electron chi connectivity index (χ1n) is 36.8. The van der Waals surface area contributed by atoms with Crippen LogP contribution in [0.5, 0.6) is 0 Å². The summed E-state index contributed by atoms with van der Waals surface area (Å²) in [5, 5.41) is 2.47. The van der Waals surface area contributed by atoms with Crippen LogP contribution in [-0.4, -0.2) is 216 Å². The average Bonchev–Trinajstić information content (AvgIpc) is 1.62. The lowest BCUT2D eigenvalue weighted by Crippen LogP contribution is -2.29. The second-order valence-corrected chi connectivity index (χ2v) is 49.0. The van der Waals surface area contributed by atoms with Gasteiger partial charge in [-0.3, -0.25) is 27.3 Å². The highest BCUT2D eigenvalue weighted by Gasteiger charge is 2.47. The van der Waals surface area contributed by atoms with Crippen LogP contribution >= 0.6 is 157 Å². The van der Waals surface area contributed by atoms with Crippen molar-refractivity contribution in [1.82, 2.24) is 48.6 Å². The van der Waals surface area contributed by atoms with Gasteiger partial charge in [0.1, 0.15) is 107 Å². The number of nitrogens with two attached hydrogens (primary N) is 6. The van der Waals surface area contributed by atoms with E-state index >= 15 is 0 Å². The number of thiol groups is 1. The standard InChI is InChI=1S/C19H30N5O12P3S2.C16H24N5O12P3S2.C15H22N5O12P3S.C6H7NS2.C5H11OP/c1-19(2,3)41-40-11-32-13-7-15(24-8-12(5-4-6-20)16-17(21)22-10-23-18(16)24)34-14(13)9-33-38(28,29)36-39(30,31)35-37(25,26)27;1-37-38-9-29-11-5-13(21-6-10(3-2-4-17)14-15(18)19-8-20-16(14)21)31-12(11)7-30-35(25,26)33-36(27,28)32-34(22,23)24;16-3-1-2-9-5-20(15-13(9)14(17)18-7-19-15)12-4-10(28-8-36)11(30-12)6-29-34(24,25)32-35(26,27)31-33(21,22)23;1-8-9-6-4-2-3-5-7-6;7-5-3-1-2-4-6-5/h8,10,13-15H,6-7,9,11,20H2,1-3H3,(H,28,29)(H,30,31)(H2,21,22,23)(H2,25,26,27);6,8,11-13H,4-5,7,9,17H2,1H3,(H,25,26)(H,27,28)(H2,18,19,20)(H2,22,23,24);5,7,10-12,36H,3-4,6,8,16H2,(H,24,25)(H,26,27)(H2,17,18,19)(H2,21,22,23);2-5H,1H3;5H,1-4,7H2/p-3/t13?,14-,15-;11?,12-,13-;10?,11-,12-;;/m111../s1. The number of rotatable bonds is 36. The lowest BCUT2D eigenvalue weighted by Gasteiger charge is -2.23. The van der Waals surface area contributed by atoms with Crippen LogP contribution in [0.2, 0.25) is 0 Å². The van der Waals surface area contributed by atoms with Crippen molar-refractivity contribution < 1.29 is 172 Å². The maximum absolute atomic E-state index is 12.3. The second-order valence-electron chi connectivity index (χ2n) is 26.8. The smallest absolute Gasteiger partial charge is 0.487 e. The van der Waals surface area contributed by atoms with Crippen molar-refractivity contribution in [2.45, 2.75) is 130 Å². The van der Waals surface area contributed by atoms with Crippen molar-refractivity contribution in [3.63, 3.8) is 0 Å². The van der Waals surface area contributed by atoms with Gasteiger partial charge in [0.15, 0.2) is 0 Å². The van der Waals surface area contributed by atoms with Gasteiger partial charge in [-0.2, -0.15) is 25.6 Å². The summed E-state index contributed by atoms with van der Waals surface area (Å²) in [4.78, 5) is 144. The zero-order valence-corrected chi connectivity index (χ0v) is 83.7. The SMILES string of the molecule is CC(C)(C)SSCOC1C[C@H](n2cc(C#CCN)c3c(N)ncnc32)O[C@@H]1COP(=O)(O)OP(=O)(O)OP(=O)([O-])O.CSSCOC1C[C@H](n2cc(C#CCN)c3c(N)ncnc32)O[C@@H]1COP(=O)(O)OP(=O)(O)OP(=O)([O-])O.CSSc1ccccn1.NCC#Cc1cn([C@H]2CC(OCS)[C@@H](COP(=O)(O)OP(=O)(O)OP(=O)([O-])O)O2)c2ncnc(N)c12.PC1CCCCO1. The molecule has 7 aromatic rings. The number of hydrogen-bond acceptors (Lipinski definition) is 48. The fourth-order valence-corrected chi connectivity index (χ4v) is 25.1. The predicted molar refractivity (Wildman–Crippen MR) is 483 cm³/mol. The van der Waals surface area contributed by atoms with Gasteiger partial charge in [-0.05, 0) is 54.7 Å². The van der Waals surface area contributed by atoms with Gasteiger partial charge in [-0.25, -0.2) is 75.2 Å². The largest absolute Gasteiger partial charge is 0.756 e. The number of anilines is 3. The third kappa shape index (κ3) is 39.4. The molecule has 4 aliphatic heterocycles. The van der Waals surface area contributed by atoms with E-state index in [4.69, 9.17) is 91.3 Å². The first kappa shape index (κ1) is 115. The monoisotopic (exact) mass is 2170 g/mol. The Balaban J connectivity index is 0.000000246. The first-order valence-corrected chi connectivity index (χ1v) is 59.2. The van der Waals surface area contributed by atoms with Crippen molar-refractivity contribution in [1.29, 1.82) is 0 Å². The van der Waals surface area contributed by atoms with E-state index in [1.54, 1.807) is 70.9 Å². The van der Waals surface area contributed by atoms with E-state index in [0.717, 1.165) is 11.6 Å². The van der Waals surface area contributed by atoms with Gasteiger partial charge in [0.25, 0.3) is 23.5 Å². The summed E-state index contributed by atoms with van der Waals surface area (Å²) in [5.74, 6) is 18.2. The molecule has 0 amide bonds. The molecule has 4 fully saturated rings. The average molecular weight is 2170 g/mol. The van der Waals surface area contributed by atoms with E-state index < -0.39 is 146 Å². The Labute approximate surface area is 778 Å². The van der Waals surface area contributed by atoms with Crippen molar-refractivity contribution in [3.05, 3.63) is 78.7 Å². The van der Waals surface area contributed by atoms with E-state index in [-0.39, 0.29) is 78.9 Å². The molecule has 70 heteroatoms. The lowest BCUT2D eigenvalue weighted by atomic mass is 10.2. The van der Waals surface area contributed by atoms with Gasteiger partial charge in [0.2, 0.25) is 0 Å². The molecule has 11 heterocycles. The van der Waals surface area contributed by atoms with Crippen molar-refractivity contribution >= 4 is 208 Å². The Kier molecular flexibility index (Phi) is 45.9. The van der Waals surface area contributed by atoms with E-state index in [1.807, 2.05) is 51.5 Å². The second kappa shape index (κ2) is 52.3. The third-order valence-corrected chi connectivity index (χ3v) is 34.3. The maximum atomic E-state index is 12.3. The molecule has 14 unspecified atom stereocenters. The number of nitrogen functional groups attached to an aromatic ring is 3. The van der Waals surface area contributed by atoms with Crippen LogP contribution < -0.4 is 49.1 Å².